The van der Waals surface area contributed by atoms with Gasteiger partial charge in [-0.25, -0.2) is 38.7 Å². The predicted molar refractivity (Wildman–Crippen MR) is 352 cm³/mol. The number of rotatable bonds is 24. The van der Waals surface area contributed by atoms with Crippen molar-refractivity contribution in [2.75, 3.05) is 0 Å². The van der Waals surface area contributed by atoms with Crippen LogP contribution in [0.1, 0.15) is 208 Å². The molecule has 10 aromatic rings. The van der Waals surface area contributed by atoms with Crippen LogP contribution in [0, 0.1) is 0 Å². The number of para-hydroxylation sites is 2. The van der Waals surface area contributed by atoms with Crippen molar-refractivity contribution in [1.29, 1.82) is 0 Å². The highest BCUT2D eigenvalue weighted by Crippen LogP contribution is 2.56. The molecule has 0 aliphatic heterocycles. The Morgan fingerprint density at radius 3 is 1.12 bits per heavy atom. The lowest BCUT2D eigenvalue weighted by Crippen LogP contribution is -2.27. The molecule has 11 rings (SSSR count). The fourth-order valence-electron chi connectivity index (χ4n) is 13.4. The minimum atomic E-state index is -0.688. The van der Waals surface area contributed by atoms with E-state index in [9.17, 15) is 9.59 Å². The molecule has 0 saturated heterocycles. The van der Waals surface area contributed by atoms with Crippen molar-refractivity contribution in [3.05, 3.63) is 132 Å². The number of fused-ring (bicyclic) bond motifs is 11. The van der Waals surface area contributed by atoms with Gasteiger partial charge >= 0.3 is 12.2 Å². The van der Waals surface area contributed by atoms with Crippen LogP contribution in [-0.4, -0.2) is 52.5 Å². The molecule has 0 N–H and O–H groups in total. The molecule has 4 aromatic heterocycles. The Bertz CT molecular complexity index is 3780. The van der Waals surface area contributed by atoms with Gasteiger partial charge in [0.2, 0.25) is 0 Å². The van der Waals surface area contributed by atoms with E-state index in [-0.39, 0.29) is 5.41 Å². The molecule has 4 heterocycles. The standard InChI is InChI=1S/C75H88N6O4/c1-9-11-13-15-17-19-21-23-25-31-45-75(46-32-26-24-22-20-18-16-14-12-10-2)59-47-51(53-39-43-61-63(49-53)78-69-67(76-61)57-33-27-29-35-65(57)80(69)71(82)84-73(3,4)5)37-41-55(59)56-42-38-52(48-60(56)75)54-40-44-62-64(50-54)79-70-68(77-62)58-34-28-30-36-66(58)81(70)72(83)85-74(6,7)8/h27-30,33-44,47-50H,9-26,31-32,45-46H2,1-8H3. The van der Waals surface area contributed by atoms with Gasteiger partial charge in [0.1, 0.15) is 22.2 Å². The van der Waals surface area contributed by atoms with Crippen LogP contribution in [0.4, 0.5) is 9.59 Å². The number of unbranched alkanes of at least 4 members (excludes halogenated alkanes) is 18. The van der Waals surface area contributed by atoms with Crippen LogP contribution >= 0.6 is 0 Å². The van der Waals surface area contributed by atoms with Crippen molar-refractivity contribution in [3.8, 4) is 33.4 Å². The van der Waals surface area contributed by atoms with Crippen molar-refractivity contribution in [2.24, 2.45) is 0 Å². The lowest BCUT2D eigenvalue weighted by molar-refractivity contribution is 0.0539. The quantitative estimate of drug-likeness (QED) is 0.0550. The van der Waals surface area contributed by atoms with Gasteiger partial charge in [0.15, 0.2) is 11.3 Å². The first-order chi connectivity index (χ1) is 41.1. The van der Waals surface area contributed by atoms with Gasteiger partial charge in [-0.2, -0.15) is 0 Å². The Morgan fingerprint density at radius 1 is 0.400 bits per heavy atom. The van der Waals surface area contributed by atoms with Crippen LogP contribution in [0.2, 0.25) is 0 Å². The second-order valence-electron chi connectivity index (χ2n) is 26.3. The highest BCUT2D eigenvalue weighted by Gasteiger charge is 2.43. The van der Waals surface area contributed by atoms with Gasteiger partial charge < -0.3 is 9.47 Å². The van der Waals surface area contributed by atoms with Gasteiger partial charge in [-0.3, -0.25) is 0 Å². The second-order valence-corrected chi connectivity index (χ2v) is 26.3. The number of carbonyl (C=O) groups is 2. The van der Waals surface area contributed by atoms with Crippen LogP contribution in [0.25, 0.3) is 99.6 Å². The zero-order valence-corrected chi connectivity index (χ0v) is 51.9. The van der Waals surface area contributed by atoms with Gasteiger partial charge in [-0.05, 0) is 147 Å². The summed E-state index contributed by atoms with van der Waals surface area (Å²) in [7, 11) is 0. The molecule has 1 aliphatic rings. The molecule has 0 saturated carbocycles. The topological polar surface area (TPSA) is 114 Å². The molecule has 0 spiro atoms. The van der Waals surface area contributed by atoms with E-state index in [1.54, 1.807) is 9.13 Å². The zero-order valence-electron chi connectivity index (χ0n) is 51.9. The van der Waals surface area contributed by atoms with Crippen molar-refractivity contribution in [3.63, 3.8) is 0 Å². The highest BCUT2D eigenvalue weighted by atomic mass is 16.6. The number of nitrogens with zero attached hydrogens (tertiary/aromatic N) is 6. The lowest BCUT2D eigenvalue weighted by atomic mass is 9.70. The molecule has 6 aromatic carbocycles. The molecule has 1 aliphatic carbocycles. The number of aromatic nitrogens is 6. The first-order valence-electron chi connectivity index (χ1n) is 32.3. The third kappa shape index (κ3) is 12.8. The van der Waals surface area contributed by atoms with Gasteiger partial charge in [-0.1, -0.05) is 215 Å². The fraction of sp³-hybridized carbons (Fsp3) is 0.440. The molecule has 10 nitrogen and oxygen atoms in total. The molecule has 0 fully saturated rings. The summed E-state index contributed by atoms with van der Waals surface area (Å²) in [6, 6.07) is 42.9. The van der Waals surface area contributed by atoms with E-state index in [0.29, 0.717) is 22.3 Å². The average Bonchev–Trinajstić information content (AvgIpc) is 1.70. The third-order valence-corrected chi connectivity index (χ3v) is 17.6. The largest absolute Gasteiger partial charge is 0.443 e. The van der Waals surface area contributed by atoms with E-state index in [4.69, 9.17) is 29.4 Å². The van der Waals surface area contributed by atoms with Crippen LogP contribution in [0.3, 0.4) is 0 Å². The van der Waals surface area contributed by atoms with Crippen LogP contribution in [0.5, 0.6) is 0 Å². The number of carbonyl (C=O) groups excluding carboxylic acids is 2. The first-order valence-corrected chi connectivity index (χ1v) is 32.3. The SMILES string of the molecule is CCCCCCCCCCCCC1(CCCCCCCCCCCC)c2cc(-c3ccc4nc5c6ccccc6n(C(=O)OC(C)(C)C)c5nc4c3)ccc2-c2ccc(-c3ccc4nc5c6ccccc6n(C(=O)OC(C)(C)C)c5nc4c3)cc21. The summed E-state index contributed by atoms with van der Waals surface area (Å²) in [5.41, 5.74) is 15.0. The lowest BCUT2D eigenvalue weighted by Gasteiger charge is -2.33. The summed E-state index contributed by atoms with van der Waals surface area (Å²) in [6.07, 6.45) is 27.0. The van der Waals surface area contributed by atoms with Crippen molar-refractivity contribution in [1.82, 2.24) is 29.1 Å². The Labute approximate surface area is 503 Å². The van der Waals surface area contributed by atoms with Crippen molar-refractivity contribution in [2.45, 2.75) is 213 Å². The number of benzene rings is 6. The number of hydrogen-bond donors (Lipinski definition) is 0. The monoisotopic (exact) mass is 1140 g/mol. The summed E-state index contributed by atoms with van der Waals surface area (Å²) < 4.78 is 15.1. The summed E-state index contributed by atoms with van der Waals surface area (Å²) in [4.78, 5) is 48.7. The summed E-state index contributed by atoms with van der Waals surface area (Å²) in [6.45, 7) is 15.9. The fourth-order valence-corrected chi connectivity index (χ4v) is 13.4. The Balaban J connectivity index is 0.988. The summed E-state index contributed by atoms with van der Waals surface area (Å²) >= 11 is 0. The van der Waals surface area contributed by atoms with Crippen LogP contribution in [0.15, 0.2) is 121 Å². The minimum absolute atomic E-state index is 0.217. The van der Waals surface area contributed by atoms with Gasteiger partial charge in [-0.15, -0.1) is 0 Å². The Hall–Kier alpha value is -7.46. The van der Waals surface area contributed by atoms with E-state index >= 15 is 0 Å². The van der Waals surface area contributed by atoms with Crippen LogP contribution in [-0.2, 0) is 14.9 Å². The molecule has 10 heteroatoms. The first kappa shape index (κ1) is 59.3. The Morgan fingerprint density at radius 2 is 0.741 bits per heavy atom. The zero-order chi connectivity index (χ0) is 59.3. The van der Waals surface area contributed by atoms with E-state index in [1.807, 2.05) is 90.1 Å². The minimum Gasteiger partial charge on any atom is -0.443 e. The van der Waals surface area contributed by atoms with E-state index in [0.717, 1.165) is 91.8 Å². The molecule has 0 radical (unpaired) electrons. The van der Waals surface area contributed by atoms with Gasteiger partial charge in [0, 0.05) is 16.2 Å². The van der Waals surface area contributed by atoms with Gasteiger partial charge in [0.05, 0.1) is 33.1 Å². The van der Waals surface area contributed by atoms with Crippen molar-refractivity contribution >= 4 is 78.4 Å². The number of hydrogen-bond acceptors (Lipinski definition) is 8. The predicted octanol–water partition coefficient (Wildman–Crippen LogP) is 21.6. The Kier molecular flexibility index (Phi) is 17.9. The van der Waals surface area contributed by atoms with E-state index in [1.165, 1.54) is 138 Å². The van der Waals surface area contributed by atoms with Crippen molar-refractivity contribution < 1.29 is 19.1 Å². The van der Waals surface area contributed by atoms with Crippen LogP contribution < -0.4 is 0 Å². The average molecular weight is 1140 g/mol. The summed E-state index contributed by atoms with van der Waals surface area (Å²) in [5.74, 6) is 0. The second kappa shape index (κ2) is 25.6. The smallest absolute Gasteiger partial charge is 0.420 e. The summed E-state index contributed by atoms with van der Waals surface area (Å²) in [5, 5.41) is 1.72. The molecule has 85 heavy (non-hydrogen) atoms. The van der Waals surface area contributed by atoms with Gasteiger partial charge in [0.25, 0.3) is 0 Å². The third-order valence-electron chi connectivity index (χ3n) is 17.6. The maximum Gasteiger partial charge on any atom is 0.420 e. The molecule has 0 unspecified atom stereocenters. The molecule has 442 valence electrons. The maximum absolute atomic E-state index is 14.0. The van der Waals surface area contributed by atoms with E-state index < -0.39 is 23.4 Å². The highest BCUT2D eigenvalue weighted by molar-refractivity contribution is 6.12. The maximum atomic E-state index is 14.0. The molecular weight excluding hydrogens is 1050 g/mol. The molecule has 0 amide bonds. The molecular formula is C75H88N6O4. The molecule has 0 bridgehead atoms. The normalized spacial score (nSPS) is 13.2. The molecule has 0 atom stereocenters. The van der Waals surface area contributed by atoms with E-state index in [2.05, 4.69) is 86.6 Å². The number of ether oxygens (including phenoxy) is 2.